The van der Waals surface area contributed by atoms with Crippen LogP contribution in [0.4, 0.5) is 0 Å². The molecule has 0 N–H and O–H groups in total. The lowest BCUT2D eigenvalue weighted by atomic mass is 10.2. The maximum atomic E-state index is 5.17. The molecule has 3 heteroatoms. The third kappa shape index (κ3) is 1.99. The minimum absolute atomic E-state index is 0.962. The van der Waals surface area contributed by atoms with Crippen LogP contribution in [0.5, 0.6) is 5.75 Å². The van der Waals surface area contributed by atoms with Crippen molar-refractivity contribution in [1.29, 1.82) is 0 Å². The fourth-order valence-corrected chi connectivity index (χ4v) is 2.45. The van der Waals surface area contributed by atoms with E-state index >= 15 is 0 Å². The van der Waals surface area contributed by atoms with E-state index in [0.717, 1.165) is 5.75 Å². The van der Waals surface area contributed by atoms with Crippen LogP contribution in [-0.4, -0.2) is 7.11 Å². The van der Waals surface area contributed by atoms with Crippen molar-refractivity contribution in [1.82, 2.24) is 0 Å². The summed E-state index contributed by atoms with van der Waals surface area (Å²) in [7, 11) is 1.70. The summed E-state index contributed by atoms with van der Waals surface area (Å²) < 4.78 is 7.66. The van der Waals surface area contributed by atoms with Crippen LogP contribution < -0.4 is 4.74 Å². The zero-order valence-electron chi connectivity index (χ0n) is 6.32. The standard InChI is InChI=1S/C8H8I2O/c1-5-6(9)3-4-7(11-2)8(5)10/h3-4H,1-2H3. The highest BCUT2D eigenvalue weighted by molar-refractivity contribution is 14.1. The molecule has 1 aromatic carbocycles. The van der Waals surface area contributed by atoms with E-state index in [2.05, 4.69) is 58.2 Å². The van der Waals surface area contributed by atoms with Crippen LogP contribution in [0.3, 0.4) is 0 Å². The van der Waals surface area contributed by atoms with Crippen LogP contribution in [0.15, 0.2) is 12.1 Å². The molecular formula is C8H8I2O. The largest absolute Gasteiger partial charge is 0.496 e. The van der Waals surface area contributed by atoms with Crippen LogP contribution in [-0.2, 0) is 0 Å². The molecule has 0 aromatic heterocycles. The summed E-state index contributed by atoms with van der Waals surface area (Å²) in [5, 5.41) is 0. The highest BCUT2D eigenvalue weighted by Gasteiger charge is 2.04. The second-order valence-corrected chi connectivity index (χ2v) is 4.43. The maximum absolute atomic E-state index is 5.17. The predicted octanol–water partition coefficient (Wildman–Crippen LogP) is 3.21. The van der Waals surface area contributed by atoms with E-state index in [-0.39, 0.29) is 0 Å². The number of hydrogen-bond acceptors (Lipinski definition) is 1. The molecule has 0 aliphatic rings. The molecule has 1 rings (SSSR count). The second kappa shape index (κ2) is 3.93. The third-order valence-electron chi connectivity index (χ3n) is 1.50. The van der Waals surface area contributed by atoms with Crippen LogP contribution in [0.1, 0.15) is 5.56 Å². The van der Waals surface area contributed by atoms with E-state index in [1.54, 1.807) is 7.11 Å². The molecule has 0 bridgehead atoms. The van der Waals surface area contributed by atoms with Gasteiger partial charge in [0.25, 0.3) is 0 Å². The first-order valence-electron chi connectivity index (χ1n) is 3.15. The van der Waals surface area contributed by atoms with Gasteiger partial charge in [-0.2, -0.15) is 0 Å². The van der Waals surface area contributed by atoms with Crippen molar-refractivity contribution in [3.8, 4) is 5.75 Å². The Hall–Kier alpha value is 0.480. The summed E-state index contributed by atoms with van der Waals surface area (Å²) in [6.07, 6.45) is 0. The fourth-order valence-electron chi connectivity index (χ4n) is 0.794. The first-order chi connectivity index (χ1) is 5.16. The number of benzene rings is 1. The van der Waals surface area contributed by atoms with E-state index in [9.17, 15) is 0 Å². The Morgan fingerprint density at radius 1 is 1.27 bits per heavy atom. The lowest BCUT2D eigenvalue weighted by Crippen LogP contribution is -1.91. The number of rotatable bonds is 1. The fraction of sp³-hybridized carbons (Fsp3) is 0.250. The molecule has 11 heavy (non-hydrogen) atoms. The van der Waals surface area contributed by atoms with Crippen molar-refractivity contribution in [2.24, 2.45) is 0 Å². The first-order valence-corrected chi connectivity index (χ1v) is 5.31. The van der Waals surface area contributed by atoms with Crippen molar-refractivity contribution < 1.29 is 4.74 Å². The number of methoxy groups -OCH3 is 1. The van der Waals surface area contributed by atoms with Crippen molar-refractivity contribution in [2.75, 3.05) is 7.11 Å². The van der Waals surface area contributed by atoms with E-state index < -0.39 is 0 Å². The number of hydrogen-bond donors (Lipinski definition) is 0. The molecule has 0 saturated carbocycles. The Labute approximate surface area is 93.8 Å². The van der Waals surface area contributed by atoms with Crippen molar-refractivity contribution in [3.05, 3.63) is 24.8 Å². The zero-order valence-corrected chi connectivity index (χ0v) is 10.6. The molecule has 0 fully saturated rings. The average Bonchev–Trinajstić information content (AvgIpc) is 2.01. The van der Waals surface area contributed by atoms with Gasteiger partial charge in [0.1, 0.15) is 5.75 Å². The number of halogens is 2. The van der Waals surface area contributed by atoms with E-state index in [1.165, 1.54) is 12.7 Å². The molecule has 60 valence electrons. The highest BCUT2D eigenvalue weighted by atomic mass is 127. The summed E-state index contributed by atoms with van der Waals surface area (Å²) in [5.74, 6) is 0.962. The summed E-state index contributed by atoms with van der Waals surface area (Å²) in [4.78, 5) is 0. The third-order valence-corrected chi connectivity index (χ3v) is 4.01. The normalized spacial score (nSPS) is 9.82. The Balaban J connectivity index is 3.25. The van der Waals surface area contributed by atoms with Gasteiger partial charge in [-0.25, -0.2) is 0 Å². The Morgan fingerprint density at radius 2 is 1.91 bits per heavy atom. The smallest absolute Gasteiger partial charge is 0.132 e. The molecule has 0 heterocycles. The first kappa shape index (κ1) is 9.57. The van der Waals surface area contributed by atoms with Crippen molar-refractivity contribution >= 4 is 45.2 Å². The quantitative estimate of drug-likeness (QED) is 0.687. The van der Waals surface area contributed by atoms with Gasteiger partial charge >= 0.3 is 0 Å². The Bertz CT molecular complexity index is 271. The van der Waals surface area contributed by atoms with Crippen LogP contribution in [0, 0.1) is 14.1 Å². The predicted molar refractivity (Wildman–Crippen MR) is 63.2 cm³/mol. The van der Waals surface area contributed by atoms with Crippen LogP contribution >= 0.6 is 45.2 Å². The maximum Gasteiger partial charge on any atom is 0.132 e. The molecular weight excluding hydrogens is 366 g/mol. The van der Waals surface area contributed by atoms with Gasteiger partial charge in [-0.15, -0.1) is 0 Å². The molecule has 0 aliphatic carbocycles. The topological polar surface area (TPSA) is 9.23 Å². The number of ether oxygens (including phenoxy) is 1. The van der Waals surface area contributed by atoms with Gasteiger partial charge < -0.3 is 4.74 Å². The average molecular weight is 374 g/mol. The molecule has 0 atom stereocenters. The Morgan fingerprint density at radius 3 is 2.45 bits per heavy atom. The molecule has 0 unspecified atom stereocenters. The summed E-state index contributed by atoms with van der Waals surface area (Å²) >= 11 is 4.62. The molecule has 1 aromatic rings. The molecule has 1 nitrogen and oxygen atoms in total. The van der Waals surface area contributed by atoms with Gasteiger partial charge in [-0.3, -0.25) is 0 Å². The van der Waals surface area contributed by atoms with Gasteiger partial charge in [0.2, 0.25) is 0 Å². The minimum atomic E-state index is 0.962. The van der Waals surface area contributed by atoms with Crippen LogP contribution in [0.2, 0.25) is 0 Å². The minimum Gasteiger partial charge on any atom is -0.496 e. The van der Waals surface area contributed by atoms with E-state index in [0.29, 0.717) is 0 Å². The highest BCUT2D eigenvalue weighted by Crippen LogP contribution is 2.26. The van der Waals surface area contributed by atoms with Gasteiger partial charge in [0.05, 0.1) is 10.7 Å². The second-order valence-electron chi connectivity index (χ2n) is 2.19. The molecule has 0 spiro atoms. The lowest BCUT2D eigenvalue weighted by Gasteiger charge is -2.06. The SMILES string of the molecule is COc1ccc(I)c(C)c1I. The lowest BCUT2D eigenvalue weighted by molar-refractivity contribution is 0.411. The molecule has 0 saturated heterocycles. The molecule has 0 radical (unpaired) electrons. The van der Waals surface area contributed by atoms with E-state index in [4.69, 9.17) is 4.74 Å². The molecule has 0 amide bonds. The van der Waals surface area contributed by atoms with Crippen LogP contribution in [0.25, 0.3) is 0 Å². The van der Waals surface area contributed by atoms with Gasteiger partial charge in [0.15, 0.2) is 0 Å². The van der Waals surface area contributed by atoms with Crippen molar-refractivity contribution in [2.45, 2.75) is 6.92 Å². The van der Waals surface area contributed by atoms with Gasteiger partial charge in [0, 0.05) is 3.57 Å². The Kier molecular flexibility index (Phi) is 3.42. The molecule has 0 aliphatic heterocycles. The van der Waals surface area contributed by atoms with Gasteiger partial charge in [-0.1, -0.05) is 0 Å². The summed E-state index contributed by atoms with van der Waals surface area (Å²) in [5.41, 5.74) is 1.30. The summed E-state index contributed by atoms with van der Waals surface area (Å²) in [6.45, 7) is 2.10. The zero-order chi connectivity index (χ0) is 8.43. The van der Waals surface area contributed by atoms with Gasteiger partial charge in [-0.05, 0) is 69.8 Å². The monoisotopic (exact) mass is 374 g/mol. The summed E-state index contributed by atoms with van der Waals surface area (Å²) in [6, 6.07) is 4.06. The van der Waals surface area contributed by atoms with E-state index in [1.807, 2.05) is 6.07 Å². The van der Waals surface area contributed by atoms with Crippen molar-refractivity contribution in [3.63, 3.8) is 0 Å².